The Labute approximate surface area is 184 Å². The Morgan fingerprint density at radius 2 is 1.77 bits per heavy atom. The first-order valence-electron chi connectivity index (χ1n) is 8.86. The van der Waals surface area contributed by atoms with Crippen LogP contribution < -0.4 is 21.5 Å². The molecule has 2 heterocycles. The quantitative estimate of drug-likeness (QED) is 0.589. The number of aromatic amines is 1. The zero-order valence-electron chi connectivity index (χ0n) is 16.5. The summed E-state index contributed by atoms with van der Waals surface area (Å²) in [6.45, 7) is 5.34. The molecular formula is C19H16Cl2N4O6. The van der Waals surface area contributed by atoms with Crippen LogP contribution >= 0.6 is 23.2 Å². The lowest BCUT2D eigenvalue weighted by molar-refractivity contribution is 0.0685. The highest BCUT2D eigenvalue weighted by atomic mass is 35.5. The molecule has 3 rings (SSSR count). The highest BCUT2D eigenvalue weighted by molar-refractivity contribution is 6.37. The maximum atomic E-state index is 12.2. The monoisotopic (exact) mass is 466 g/mol. The second-order valence-electron chi connectivity index (χ2n) is 6.83. The van der Waals surface area contributed by atoms with Gasteiger partial charge in [-0.1, -0.05) is 23.2 Å². The number of aryl methyl sites for hydroxylation is 1. The highest BCUT2D eigenvalue weighted by Gasteiger charge is 2.18. The van der Waals surface area contributed by atoms with Crippen molar-refractivity contribution in [1.82, 2.24) is 19.3 Å². The van der Waals surface area contributed by atoms with Gasteiger partial charge < -0.3 is 14.4 Å². The number of hydrogen-bond acceptors (Lipinski definition) is 6. The van der Waals surface area contributed by atoms with Gasteiger partial charge in [-0.3, -0.25) is 14.6 Å². The molecule has 0 saturated heterocycles. The minimum absolute atomic E-state index is 0.00873. The SMILES string of the molecule is Cc1cc(Oc2c(Cl)cc(-n3nc(C(=O)O)c(=O)[nH]c3=O)cc2Cl)cn(C(C)C)c1=O. The second kappa shape index (κ2) is 8.40. The summed E-state index contributed by atoms with van der Waals surface area (Å²) in [4.78, 5) is 48.9. The fourth-order valence-corrected chi connectivity index (χ4v) is 3.30. The number of halogens is 2. The predicted octanol–water partition coefficient (Wildman–Crippen LogP) is 2.77. The highest BCUT2D eigenvalue weighted by Crippen LogP contribution is 2.38. The van der Waals surface area contributed by atoms with Crippen LogP contribution in [0.1, 0.15) is 35.9 Å². The van der Waals surface area contributed by atoms with Crippen molar-refractivity contribution in [3.63, 3.8) is 0 Å². The van der Waals surface area contributed by atoms with Gasteiger partial charge in [-0.15, -0.1) is 0 Å². The minimum atomic E-state index is -1.61. The Morgan fingerprint density at radius 1 is 1.16 bits per heavy atom. The summed E-state index contributed by atoms with van der Waals surface area (Å²) >= 11 is 12.6. The Bertz CT molecular complexity index is 1350. The van der Waals surface area contributed by atoms with Gasteiger partial charge in [0.15, 0.2) is 5.75 Å². The van der Waals surface area contributed by atoms with Gasteiger partial charge in [0.05, 0.1) is 21.9 Å². The standard InChI is InChI=1S/C19H16Cl2N4O6/c1-8(2)24-7-11(4-9(3)17(24)27)31-15-12(20)5-10(6-13(15)21)25-19(30)22-16(26)14(23-25)18(28)29/h4-8H,1-3H3,(H,28,29)(H,22,26,30). The number of carboxylic acids is 1. The van der Waals surface area contributed by atoms with Gasteiger partial charge in [-0.2, -0.15) is 9.78 Å². The molecule has 0 spiro atoms. The Kier molecular flexibility index (Phi) is 6.05. The first kappa shape index (κ1) is 22.3. The van der Waals surface area contributed by atoms with Crippen LogP contribution in [0.25, 0.3) is 5.69 Å². The Hall–Kier alpha value is -3.37. The molecule has 0 amide bonds. The van der Waals surface area contributed by atoms with Gasteiger partial charge in [0.25, 0.3) is 11.1 Å². The molecule has 0 aliphatic carbocycles. The molecule has 31 heavy (non-hydrogen) atoms. The molecule has 0 aliphatic rings. The topological polar surface area (TPSA) is 136 Å². The number of hydrogen-bond donors (Lipinski definition) is 2. The number of rotatable bonds is 5. The zero-order chi connectivity index (χ0) is 23.0. The molecule has 0 unspecified atom stereocenters. The third kappa shape index (κ3) is 4.39. The summed E-state index contributed by atoms with van der Waals surface area (Å²) in [5.74, 6) is -1.24. The average Bonchev–Trinajstić information content (AvgIpc) is 2.66. The van der Waals surface area contributed by atoms with Crippen LogP contribution in [-0.4, -0.2) is 30.4 Å². The number of pyridine rings is 1. The third-order valence-corrected chi connectivity index (χ3v) is 4.79. The number of nitrogens with zero attached hydrogens (tertiary/aromatic N) is 3. The smallest absolute Gasteiger partial charge is 0.362 e. The fourth-order valence-electron chi connectivity index (χ4n) is 2.75. The Balaban J connectivity index is 2.08. The van der Waals surface area contributed by atoms with Crippen molar-refractivity contribution in [3.05, 3.63) is 76.9 Å². The van der Waals surface area contributed by atoms with Crippen LogP contribution in [-0.2, 0) is 0 Å². The zero-order valence-corrected chi connectivity index (χ0v) is 18.0. The van der Waals surface area contributed by atoms with E-state index in [-0.39, 0.29) is 33.1 Å². The van der Waals surface area contributed by atoms with Gasteiger partial charge in [-0.25, -0.2) is 9.59 Å². The molecule has 2 aromatic heterocycles. The molecule has 0 atom stereocenters. The number of aromatic nitrogens is 4. The Morgan fingerprint density at radius 3 is 2.32 bits per heavy atom. The summed E-state index contributed by atoms with van der Waals surface area (Å²) in [5.41, 5.74) is -2.68. The molecule has 0 saturated carbocycles. The van der Waals surface area contributed by atoms with Crippen molar-refractivity contribution in [2.75, 3.05) is 0 Å². The summed E-state index contributed by atoms with van der Waals surface area (Å²) in [7, 11) is 0. The van der Waals surface area contributed by atoms with Crippen LogP contribution in [0.2, 0.25) is 10.0 Å². The maximum Gasteiger partial charge on any atom is 0.362 e. The molecule has 0 fully saturated rings. The van der Waals surface area contributed by atoms with E-state index >= 15 is 0 Å². The summed E-state index contributed by atoms with van der Waals surface area (Å²) in [6, 6.07) is 3.97. The van der Waals surface area contributed by atoms with E-state index in [1.807, 2.05) is 18.8 Å². The van der Waals surface area contributed by atoms with E-state index in [0.717, 1.165) is 0 Å². The van der Waals surface area contributed by atoms with Crippen molar-refractivity contribution in [2.45, 2.75) is 26.8 Å². The van der Waals surface area contributed by atoms with E-state index in [0.29, 0.717) is 16.0 Å². The average molecular weight is 467 g/mol. The number of benzene rings is 1. The van der Waals surface area contributed by atoms with Crippen molar-refractivity contribution in [3.8, 4) is 17.2 Å². The minimum Gasteiger partial charge on any atom is -0.476 e. The van der Waals surface area contributed by atoms with Gasteiger partial charge in [0.2, 0.25) is 5.69 Å². The molecular weight excluding hydrogens is 451 g/mol. The lowest BCUT2D eigenvalue weighted by atomic mass is 10.2. The van der Waals surface area contributed by atoms with Crippen molar-refractivity contribution in [1.29, 1.82) is 0 Å². The van der Waals surface area contributed by atoms with E-state index in [1.54, 1.807) is 6.92 Å². The summed E-state index contributed by atoms with van der Waals surface area (Å²) < 4.78 is 7.93. The number of H-pyrrole nitrogens is 1. The first-order chi connectivity index (χ1) is 14.5. The van der Waals surface area contributed by atoms with E-state index in [1.165, 1.54) is 29.0 Å². The van der Waals surface area contributed by atoms with E-state index < -0.39 is 22.9 Å². The number of ether oxygens (including phenoxy) is 1. The molecule has 162 valence electrons. The molecule has 10 nitrogen and oxygen atoms in total. The van der Waals surface area contributed by atoms with Crippen molar-refractivity contribution < 1.29 is 14.6 Å². The predicted molar refractivity (Wildman–Crippen MR) is 113 cm³/mol. The third-order valence-electron chi connectivity index (χ3n) is 4.23. The largest absolute Gasteiger partial charge is 0.476 e. The fraction of sp³-hybridized carbons (Fsp3) is 0.211. The summed E-state index contributed by atoms with van der Waals surface area (Å²) in [5, 5.41) is 12.6. The van der Waals surface area contributed by atoms with Crippen LogP contribution in [0.3, 0.4) is 0 Å². The lowest BCUT2D eigenvalue weighted by Crippen LogP contribution is -2.35. The molecule has 12 heteroatoms. The van der Waals surface area contributed by atoms with Crippen LogP contribution in [0.15, 0.2) is 38.8 Å². The van der Waals surface area contributed by atoms with Crippen molar-refractivity contribution >= 4 is 29.2 Å². The second-order valence-corrected chi connectivity index (χ2v) is 7.64. The number of carbonyl (C=O) groups is 1. The molecule has 3 aromatic rings. The normalized spacial score (nSPS) is 11.0. The molecule has 1 aromatic carbocycles. The molecule has 0 radical (unpaired) electrons. The lowest BCUT2D eigenvalue weighted by Gasteiger charge is -2.16. The number of carboxylic acid groups (broad SMARTS) is 1. The van der Waals surface area contributed by atoms with E-state index in [4.69, 9.17) is 33.0 Å². The van der Waals surface area contributed by atoms with Gasteiger partial charge in [0.1, 0.15) is 5.75 Å². The van der Waals surface area contributed by atoms with Crippen LogP contribution in [0.4, 0.5) is 0 Å². The summed E-state index contributed by atoms with van der Waals surface area (Å²) in [6.07, 6.45) is 1.52. The molecule has 2 N–H and O–H groups in total. The van der Waals surface area contributed by atoms with Gasteiger partial charge >= 0.3 is 11.7 Å². The van der Waals surface area contributed by atoms with Crippen LogP contribution in [0, 0.1) is 6.92 Å². The first-order valence-corrected chi connectivity index (χ1v) is 9.62. The number of nitrogens with one attached hydrogen (secondary N) is 1. The maximum absolute atomic E-state index is 12.2. The van der Waals surface area contributed by atoms with E-state index in [2.05, 4.69) is 5.10 Å². The van der Waals surface area contributed by atoms with Crippen LogP contribution in [0.5, 0.6) is 11.5 Å². The van der Waals surface area contributed by atoms with Gasteiger partial charge in [-0.05, 0) is 39.0 Å². The number of aromatic carboxylic acids is 1. The van der Waals surface area contributed by atoms with Crippen molar-refractivity contribution in [2.24, 2.45) is 0 Å². The van der Waals surface area contributed by atoms with Gasteiger partial charge in [0, 0.05) is 11.6 Å². The molecule has 0 aliphatic heterocycles. The van der Waals surface area contributed by atoms with E-state index in [9.17, 15) is 19.2 Å². The molecule has 0 bridgehead atoms.